The number of hydrogen-bond donors (Lipinski definition) is 2. The molecule has 1 aromatic heterocycles. The van der Waals surface area contributed by atoms with Gasteiger partial charge in [-0.15, -0.1) is 0 Å². The molecule has 1 amide bonds. The molecule has 1 aromatic carbocycles. The first kappa shape index (κ1) is 17.5. The van der Waals surface area contributed by atoms with Gasteiger partial charge in [0.15, 0.2) is 0 Å². The van der Waals surface area contributed by atoms with Gasteiger partial charge in [-0.25, -0.2) is 0 Å². The molecule has 2 aromatic rings. The summed E-state index contributed by atoms with van der Waals surface area (Å²) in [5.41, 5.74) is 0.00751. The number of carbonyl (C=O) groups excluding carboxylic acids is 1. The third kappa shape index (κ3) is 4.39. The fourth-order valence-electron chi connectivity index (χ4n) is 3.07. The van der Waals surface area contributed by atoms with Crippen molar-refractivity contribution in [1.29, 1.82) is 0 Å². The Morgan fingerprint density at radius 3 is 2.88 bits per heavy atom. The molecule has 3 rings (SSSR count). The largest absolute Gasteiger partial charge is 0.490 e. The zero-order valence-electron chi connectivity index (χ0n) is 14.7. The van der Waals surface area contributed by atoms with Gasteiger partial charge in [0.05, 0.1) is 18.8 Å². The maximum absolute atomic E-state index is 12.4. The number of nitrogens with one attached hydrogen (secondary N) is 1. The Bertz CT molecular complexity index is 733. The topological polar surface area (TPSA) is 76.4 Å². The molecule has 0 saturated heterocycles. The minimum Gasteiger partial charge on any atom is -0.490 e. The van der Waals surface area contributed by atoms with Crippen LogP contribution in [0, 0.1) is 0 Å². The van der Waals surface area contributed by atoms with E-state index in [4.69, 9.17) is 4.74 Å². The van der Waals surface area contributed by atoms with E-state index in [1.54, 1.807) is 43.2 Å². The molecule has 134 valence electrons. The Balaban J connectivity index is 1.61. The maximum Gasteiger partial charge on any atom is 0.251 e. The average Bonchev–Trinajstić information content (AvgIpc) is 3.25. The molecule has 6 nitrogen and oxygen atoms in total. The Labute approximate surface area is 147 Å². The summed E-state index contributed by atoms with van der Waals surface area (Å²) < 4.78 is 7.56. The molecule has 25 heavy (non-hydrogen) atoms. The zero-order chi connectivity index (χ0) is 17.9. The predicted molar refractivity (Wildman–Crippen MR) is 94.4 cm³/mol. The molecule has 2 N–H and O–H groups in total. The minimum atomic E-state index is -1.18. The van der Waals surface area contributed by atoms with Gasteiger partial charge in [-0.1, -0.05) is 6.07 Å². The second kappa shape index (κ2) is 7.27. The number of aryl methyl sites for hydroxylation is 1. The molecule has 1 fully saturated rings. The number of hydrogen-bond acceptors (Lipinski definition) is 4. The van der Waals surface area contributed by atoms with Gasteiger partial charge < -0.3 is 15.2 Å². The molecule has 0 bridgehead atoms. The van der Waals surface area contributed by atoms with Crippen LogP contribution in [0.3, 0.4) is 0 Å². The average molecular weight is 343 g/mol. The number of carbonyl (C=O) groups is 1. The van der Waals surface area contributed by atoms with E-state index in [0.717, 1.165) is 18.6 Å². The van der Waals surface area contributed by atoms with Crippen LogP contribution >= 0.6 is 0 Å². The van der Waals surface area contributed by atoms with Crippen molar-refractivity contribution in [3.63, 3.8) is 0 Å². The van der Waals surface area contributed by atoms with E-state index in [0.29, 0.717) is 11.1 Å². The third-order valence-electron chi connectivity index (χ3n) is 4.62. The standard InChI is InChI=1S/C19H25N3O3/c1-19(24,15-11-21-22(2)12-15)13-20-18(23)14-6-5-9-17(10-14)25-16-7-3-4-8-16/h5-6,9-12,16,24H,3-4,7-8,13H2,1-2H3,(H,20,23). The fourth-order valence-corrected chi connectivity index (χ4v) is 3.07. The molecule has 1 aliphatic rings. The van der Waals surface area contributed by atoms with Crippen molar-refractivity contribution in [2.24, 2.45) is 7.05 Å². The summed E-state index contributed by atoms with van der Waals surface area (Å²) in [6.45, 7) is 1.76. The lowest BCUT2D eigenvalue weighted by atomic mass is 9.99. The van der Waals surface area contributed by atoms with E-state index < -0.39 is 5.60 Å². The highest BCUT2D eigenvalue weighted by atomic mass is 16.5. The normalized spacial score (nSPS) is 17.2. The van der Waals surface area contributed by atoms with Gasteiger partial charge in [-0.05, 0) is 50.8 Å². The Kier molecular flexibility index (Phi) is 5.08. The van der Waals surface area contributed by atoms with Crippen molar-refractivity contribution in [3.05, 3.63) is 47.8 Å². The highest BCUT2D eigenvalue weighted by Gasteiger charge is 2.25. The fraction of sp³-hybridized carbons (Fsp3) is 0.474. The Morgan fingerprint density at radius 1 is 1.44 bits per heavy atom. The van der Waals surface area contributed by atoms with Gasteiger partial charge in [-0.2, -0.15) is 5.10 Å². The van der Waals surface area contributed by atoms with Crippen LogP contribution in [0.5, 0.6) is 5.75 Å². The highest BCUT2D eigenvalue weighted by Crippen LogP contribution is 2.25. The van der Waals surface area contributed by atoms with Crippen LogP contribution in [-0.2, 0) is 12.6 Å². The summed E-state index contributed by atoms with van der Waals surface area (Å²) in [6.07, 6.45) is 8.14. The van der Waals surface area contributed by atoms with Gasteiger partial charge in [0.1, 0.15) is 11.4 Å². The Morgan fingerprint density at radius 2 is 2.20 bits per heavy atom. The zero-order valence-corrected chi connectivity index (χ0v) is 14.7. The van der Waals surface area contributed by atoms with Gasteiger partial charge in [-0.3, -0.25) is 9.48 Å². The molecule has 6 heteroatoms. The van der Waals surface area contributed by atoms with Crippen LogP contribution in [0.25, 0.3) is 0 Å². The highest BCUT2D eigenvalue weighted by molar-refractivity contribution is 5.94. The molecule has 0 radical (unpaired) electrons. The second-order valence-electron chi connectivity index (χ2n) is 6.91. The molecular formula is C19H25N3O3. The maximum atomic E-state index is 12.4. The summed E-state index contributed by atoms with van der Waals surface area (Å²) in [5.74, 6) is 0.486. The van der Waals surface area contributed by atoms with E-state index in [9.17, 15) is 9.90 Å². The number of aliphatic hydroxyl groups is 1. The number of benzene rings is 1. The SMILES string of the molecule is Cn1cc(C(C)(O)CNC(=O)c2cccc(OC3CCCC3)c2)cn1. The molecule has 1 atom stereocenters. The van der Waals surface area contributed by atoms with E-state index in [-0.39, 0.29) is 18.6 Å². The van der Waals surface area contributed by atoms with Gasteiger partial charge in [0.2, 0.25) is 0 Å². The van der Waals surface area contributed by atoms with E-state index >= 15 is 0 Å². The predicted octanol–water partition coefficient (Wildman–Crippen LogP) is 2.38. The van der Waals surface area contributed by atoms with Crippen LogP contribution in [0.1, 0.15) is 48.5 Å². The van der Waals surface area contributed by atoms with Crippen LogP contribution in [0.2, 0.25) is 0 Å². The van der Waals surface area contributed by atoms with E-state index in [1.165, 1.54) is 12.8 Å². The molecule has 1 saturated carbocycles. The van der Waals surface area contributed by atoms with E-state index in [1.807, 2.05) is 12.1 Å². The summed E-state index contributed by atoms with van der Waals surface area (Å²) in [6, 6.07) is 7.20. The summed E-state index contributed by atoms with van der Waals surface area (Å²) in [4.78, 5) is 12.4. The van der Waals surface area contributed by atoms with Crippen LogP contribution in [0.15, 0.2) is 36.7 Å². The van der Waals surface area contributed by atoms with Crippen LogP contribution in [-0.4, -0.2) is 33.4 Å². The number of nitrogens with zero attached hydrogens (tertiary/aromatic N) is 2. The number of rotatable bonds is 6. The number of aromatic nitrogens is 2. The second-order valence-corrected chi connectivity index (χ2v) is 6.91. The molecule has 1 heterocycles. The first-order valence-corrected chi connectivity index (χ1v) is 8.70. The van der Waals surface area contributed by atoms with Gasteiger partial charge in [0.25, 0.3) is 5.91 Å². The molecule has 0 spiro atoms. The van der Waals surface area contributed by atoms with Gasteiger partial charge >= 0.3 is 0 Å². The van der Waals surface area contributed by atoms with Crippen molar-refractivity contribution < 1.29 is 14.6 Å². The third-order valence-corrected chi connectivity index (χ3v) is 4.62. The summed E-state index contributed by atoms with van der Waals surface area (Å²) in [5, 5.41) is 17.4. The summed E-state index contributed by atoms with van der Waals surface area (Å²) in [7, 11) is 1.79. The number of ether oxygens (including phenoxy) is 1. The first-order valence-electron chi connectivity index (χ1n) is 8.70. The van der Waals surface area contributed by atoms with Crippen LogP contribution < -0.4 is 10.1 Å². The summed E-state index contributed by atoms with van der Waals surface area (Å²) >= 11 is 0. The smallest absolute Gasteiger partial charge is 0.251 e. The van der Waals surface area contributed by atoms with Crippen molar-refractivity contribution in [2.75, 3.05) is 6.54 Å². The van der Waals surface area contributed by atoms with E-state index in [2.05, 4.69) is 10.4 Å². The lowest BCUT2D eigenvalue weighted by Gasteiger charge is -2.22. The van der Waals surface area contributed by atoms with Crippen molar-refractivity contribution in [3.8, 4) is 5.75 Å². The van der Waals surface area contributed by atoms with Crippen molar-refractivity contribution in [2.45, 2.75) is 44.3 Å². The minimum absolute atomic E-state index is 0.102. The molecule has 1 unspecified atom stereocenters. The van der Waals surface area contributed by atoms with Crippen molar-refractivity contribution in [1.82, 2.24) is 15.1 Å². The Hall–Kier alpha value is -2.34. The lowest BCUT2D eigenvalue weighted by Crippen LogP contribution is -2.38. The molecule has 0 aliphatic heterocycles. The van der Waals surface area contributed by atoms with Crippen LogP contribution in [0.4, 0.5) is 0 Å². The lowest BCUT2D eigenvalue weighted by molar-refractivity contribution is 0.0525. The molecular weight excluding hydrogens is 318 g/mol. The quantitative estimate of drug-likeness (QED) is 0.844. The number of amides is 1. The first-order chi connectivity index (χ1) is 11.9. The van der Waals surface area contributed by atoms with Gasteiger partial charge in [0, 0.05) is 24.4 Å². The monoisotopic (exact) mass is 343 g/mol. The van der Waals surface area contributed by atoms with Crippen molar-refractivity contribution >= 4 is 5.91 Å². The molecule has 1 aliphatic carbocycles.